The topological polar surface area (TPSA) is 43.9 Å². The number of hydrogen-bond acceptors (Lipinski definition) is 3. The van der Waals surface area contributed by atoms with Crippen LogP contribution in [-0.2, 0) is 20.1 Å². The van der Waals surface area contributed by atoms with E-state index >= 15 is 0 Å². The number of fused-ring (bicyclic) bond motifs is 1. The van der Waals surface area contributed by atoms with Crippen molar-refractivity contribution in [1.29, 1.82) is 0 Å². The number of aryl methyl sites for hydroxylation is 4. The number of rotatable bonds is 2. The van der Waals surface area contributed by atoms with Crippen molar-refractivity contribution in [3.63, 3.8) is 0 Å². The van der Waals surface area contributed by atoms with Crippen molar-refractivity contribution in [3.05, 3.63) is 65.3 Å². The van der Waals surface area contributed by atoms with Crippen LogP contribution in [0.15, 0.2) is 41.1 Å². The van der Waals surface area contributed by atoms with Gasteiger partial charge in [-0.3, -0.25) is 4.98 Å². The van der Waals surface area contributed by atoms with E-state index in [9.17, 15) is 0 Å². The molecule has 2 aromatic heterocycles. The Morgan fingerprint density at radius 1 is 1.04 bits per heavy atom. The van der Waals surface area contributed by atoms with Gasteiger partial charge in [0.2, 0.25) is 0 Å². The number of oxazole rings is 1. The molecule has 5 heteroatoms. The first kappa shape index (κ1) is 17.6. The Balaban J connectivity index is 0.00000182. The van der Waals surface area contributed by atoms with Crippen LogP contribution >= 0.6 is 0 Å². The van der Waals surface area contributed by atoms with Crippen LogP contribution in [0.2, 0.25) is 0 Å². The summed E-state index contributed by atoms with van der Waals surface area (Å²) in [6.07, 6.45) is 3.81. The van der Waals surface area contributed by atoms with Crippen LogP contribution in [0.1, 0.15) is 22.6 Å². The zero-order valence-electron chi connectivity index (χ0n) is 14.5. The molecule has 0 aliphatic heterocycles. The van der Waals surface area contributed by atoms with Gasteiger partial charge >= 0.3 is 0 Å². The van der Waals surface area contributed by atoms with Gasteiger partial charge in [0, 0.05) is 50.6 Å². The number of hydrogen-bond donors (Lipinski definition) is 0. The Bertz CT molecular complexity index is 1040. The Kier molecular flexibility index (Phi) is 4.63. The van der Waals surface area contributed by atoms with Crippen molar-refractivity contribution in [2.45, 2.75) is 27.7 Å². The molecule has 0 aliphatic rings. The molecule has 25 heavy (non-hydrogen) atoms. The van der Waals surface area contributed by atoms with Gasteiger partial charge < -0.3 is 8.98 Å². The van der Waals surface area contributed by atoms with E-state index in [0.29, 0.717) is 5.89 Å². The Morgan fingerprint density at radius 3 is 2.48 bits per heavy atom. The molecule has 2 aromatic carbocycles. The zero-order chi connectivity index (χ0) is 16.8. The molecule has 0 bridgehead atoms. The van der Waals surface area contributed by atoms with Gasteiger partial charge in [0.1, 0.15) is 0 Å². The normalized spacial score (nSPS) is 10.9. The molecule has 1 radical (unpaired) electrons. The van der Waals surface area contributed by atoms with Gasteiger partial charge in [0.05, 0.1) is 11.4 Å². The third-order valence-corrected chi connectivity index (χ3v) is 4.19. The molecule has 0 saturated carbocycles. The third kappa shape index (κ3) is 3.06. The van der Waals surface area contributed by atoms with Crippen LogP contribution in [0.4, 0.5) is 0 Å². The van der Waals surface area contributed by atoms with Crippen LogP contribution in [-0.4, -0.2) is 14.5 Å². The second-order valence-electron chi connectivity index (χ2n) is 6.20. The van der Waals surface area contributed by atoms with Crippen molar-refractivity contribution in [2.75, 3.05) is 0 Å². The molecule has 4 aromatic rings. The summed E-state index contributed by atoms with van der Waals surface area (Å²) < 4.78 is 7.66. The average Bonchev–Trinajstić information content (AvgIpc) is 3.10. The van der Waals surface area contributed by atoms with Crippen LogP contribution in [0.25, 0.3) is 28.2 Å². The molecule has 2 heterocycles. The fourth-order valence-corrected chi connectivity index (χ4v) is 3.35. The van der Waals surface area contributed by atoms with Crippen molar-refractivity contribution < 1.29 is 24.5 Å². The predicted molar refractivity (Wildman–Crippen MR) is 94.4 cm³/mol. The molecule has 0 aliphatic carbocycles. The minimum Gasteiger partial charge on any atom is -0.488 e. The first-order chi connectivity index (χ1) is 11.5. The monoisotopic (exact) mass is 509 g/mol. The van der Waals surface area contributed by atoms with Gasteiger partial charge in [-0.1, -0.05) is 17.7 Å². The van der Waals surface area contributed by atoms with Gasteiger partial charge in [-0.05, 0) is 31.9 Å². The summed E-state index contributed by atoms with van der Waals surface area (Å²) >= 11 is 0. The van der Waals surface area contributed by atoms with E-state index in [4.69, 9.17) is 4.42 Å². The maximum absolute atomic E-state index is 5.54. The standard InChI is InChI=1S/C20H18N3O.Ir/c1-12-9-13(2)19(14(3)10-12)23-8-7-21-20(23)16-5-6-18-17(11-16)22-15(4)24-18;/h6-11H,1-4H3;/q-1;. The third-order valence-electron chi connectivity index (χ3n) is 4.19. The predicted octanol–water partition coefficient (Wildman–Crippen LogP) is 4.71. The summed E-state index contributed by atoms with van der Waals surface area (Å²) in [5.74, 6) is 1.51. The number of aromatic nitrogens is 3. The maximum Gasteiger partial charge on any atom is 0.180 e. The van der Waals surface area contributed by atoms with Crippen molar-refractivity contribution in [2.24, 2.45) is 0 Å². The number of imidazole rings is 1. The molecule has 0 saturated heterocycles. The second-order valence-corrected chi connectivity index (χ2v) is 6.20. The van der Waals surface area contributed by atoms with Crippen LogP contribution in [0.3, 0.4) is 0 Å². The van der Waals surface area contributed by atoms with E-state index in [1.807, 2.05) is 31.5 Å². The quantitative estimate of drug-likeness (QED) is 0.369. The van der Waals surface area contributed by atoms with Crippen molar-refractivity contribution >= 4 is 11.1 Å². The van der Waals surface area contributed by atoms with Crippen LogP contribution in [0.5, 0.6) is 0 Å². The Hall–Kier alpha value is -2.23. The fourth-order valence-electron chi connectivity index (χ4n) is 3.35. The molecule has 0 spiro atoms. The largest absolute Gasteiger partial charge is 0.488 e. The summed E-state index contributed by atoms with van der Waals surface area (Å²) in [4.78, 5) is 8.96. The summed E-state index contributed by atoms with van der Waals surface area (Å²) in [6.45, 7) is 8.23. The van der Waals surface area contributed by atoms with Gasteiger partial charge in [-0.2, -0.15) is 0 Å². The van der Waals surface area contributed by atoms with E-state index < -0.39 is 0 Å². The van der Waals surface area contributed by atoms with Crippen LogP contribution in [0, 0.1) is 33.8 Å². The molecule has 4 rings (SSSR count). The summed E-state index contributed by atoms with van der Waals surface area (Å²) in [6, 6.07) is 11.5. The number of benzene rings is 2. The van der Waals surface area contributed by atoms with Crippen LogP contribution < -0.4 is 0 Å². The van der Waals surface area contributed by atoms with Gasteiger partial charge in [-0.25, -0.2) is 4.98 Å². The molecular weight excluding hydrogens is 490 g/mol. The van der Waals surface area contributed by atoms with E-state index in [2.05, 4.69) is 53.5 Å². The van der Waals surface area contributed by atoms with Crippen molar-refractivity contribution in [1.82, 2.24) is 14.5 Å². The minimum absolute atomic E-state index is 0. The smallest absolute Gasteiger partial charge is 0.180 e. The second kappa shape index (κ2) is 6.58. The SMILES string of the molecule is Cc1cc(C)c(-n2ccnc2-c2[c-]cc3oc(C)nc3c2)c(C)c1.[Ir]. The molecule has 0 atom stereocenters. The average molecular weight is 509 g/mol. The van der Waals surface area contributed by atoms with Crippen molar-refractivity contribution in [3.8, 4) is 17.1 Å². The summed E-state index contributed by atoms with van der Waals surface area (Å²) in [5, 5.41) is 0. The molecule has 0 unspecified atom stereocenters. The molecular formula is C20H18IrN3O-. The molecule has 0 amide bonds. The Morgan fingerprint density at radius 2 is 1.76 bits per heavy atom. The molecule has 4 nitrogen and oxygen atoms in total. The summed E-state index contributed by atoms with van der Waals surface area (Å²) in [7, 11) is 0. The van der Waals surface area contributed by atoms with Gasteiger partial charge in [0.25, 0.3) is 0 Å². The first-order valence-electron chi connectivity index (χ1n) is 7.94. The maximum atomic E-state index is 5.54. The molecule has 0 N–H and O–H groups in total. The molecule has 0 fully saturated rings. The van der Waals surface area contributed by atoms with E-state index in [1.54, 1.807) is 0 Å². The number of nitrogens with zero attached hydrogens (tertiary/aromatic N) is 3. The first-order valence-corrected chi connectivity index (χ1v) is 7.94. The van der Waals surface area contributed by atoms with Gasteiger partial charge in [0.15, 0.2) is 5.89 Å². The zero-order valence-corrected chi connectivity index (χ0v) is 16.9. The van der Waals surface area contributed by atoms with E-state index in [-0.39, 0.29) is 20.1 Å². The Labute approximate surface area is 160 Å². The van der Waals surface area contributed by atoms with E-state index in [0.717, 1.165) is 28.2 Å². The van der Waals surface area contributed by atoms with E-state index in [1.165, 1.54) is 16.7 Å². The fraction of sp³-hybridized carbons (Fsp3) is 0.200. The molecule has 129 valence electrons. The summed E-state index contributed by atoms with van der Waals surface area (Å²) in [5.41, 5.74) is 7.36. The van der Waals surface area contributed by atoms with Gasteiger partial charge in [-0.15, -0.1) is 23.8 Å². The minimum atomic E-state index is 0.